The minimum Gasteiger partial charge on any atom is -0.494 e. The third-order valence-electron chi connectivity index (χ3n) is 2.57. The summed E-state index contributed by atoms with van der Waals surface area (Å²) >= 11 is 0. The van der Waals surface area contributed by atoms with E-state index < -0.39 is 0 Å². The molecule has 1 nitrogen and oxygen atoms in total. The molecule has 1 atom stereocenters. The zero-order chi connectivity index (χ0) is 10.4. The first-order valence-corrected chi connectivity index (χ1v) is 5.42. The molecule has 0 bridgehead atoms. The Labute approximate surface area is 87.1 Å². The Kier molecular flexibility index (Phi) is 4.51. The van der Waals surface area contributed by atoms with Gasteiger partial charge in [-0.25, -0.2) is 0 Å². The van der Waals surface area contributed by atoms with Crippen LogP contribution in [0, 0.1) is 12.8 Å². The Balaban J connectivity index is 2.31. The minimum atomic E-state index is 0.764. The maximum Gasteiger partial charge on any atom is 0.119 e. The van der Waals surface area contributed by atoms with Gasteiger partial charge in [0, 0.05) is 0 Å². The van der Waals surface area contributed by atoms with Crippen LogP contribution in [0.1, 0.15) is 32.3 Å². The predicted molar refractivity (Wildman–Crippen MR) is 60.7 cm³/mol. The topological polar surface area (TPSA) is 9.23 Å². The maximum absolute atomic E-state index is 5.66. The van der Waals surface area contributed by atoms with Crippen molar-refractivity contribution >= 4 is 0 Å². The highest BCUT2D eigenvalue weighted by Gasteiger charge is 1.99. The number of ether oxygens (including phenoxy) is 1. The Hall–Kier alpha value is -0.980. The Bertz CT molecular complexity index is 268. The number of benzene rings is 1. The smallest absolute Gasteiger partial charge is 0.119 e. The van der Waals surface area contributed by atoms with Crippen molar-refractivity contribution in [2.45, 2.75) is 33.6 Å². The van der Waals surface area contributed by atoms with Gasteiger partial charge in [-0.15, -0.1) is 0 Å². The lowest BCUT2D eigenvalue weighted by atomic mass is 10.1. The van der Waals surface area contributed by atoms with Crippen molar-refractivity contribution in [3.63, 3.8) is 0 Å². The molecule has 0 N–H and O–H groups in total. The van der Waals surface area contributed by atoms with Gasteiger partial charge in [0.15, 0.2) is 0 Å². The highest BCUT2D eigenvalue weighted by atomic mass is 16.5. The van der Waals surface area contributed by atoms with Crippen molar-refractivity contribution < 1.29 is 4.74 Å². The summed E-state index contributed by atoms with van der Waals surface area (Å²) in [5.74, 6) is 1.76. The summed E-state index contributed by atoms with van der Waals surface area (Å²) in [6.45, 7) is 7.40. The van der Waals surface area contributed by atoms with E-state index >= 15 is 0 Å². The molecule has 0 aliphatic carbocycles. The predicted octanol–water partition coefficient (Wildman–Crippen LogP) is 3.81. The van der Waals surface area contributed by atoms with Gasteiger partial charge in [0.1, 0.15) is 5.75 Å². The Morgan fingerprint density at radius 2 is 2.14 bits per heavy atom. The van der Waals surface area contributed by atoms with Crippen LogP contribution < -0.4 is 4.74 Å². The molecule has 14 heavy (non-hydrogen) atoms. The summed E-state index contributed by atoms with van der Waals surface area (Å²) in [4.78, 5) is 0. The zero-order valence-electron chi connectivity index (χ0n) is 9.42. The quantitative estimate of drug-likeness (QED) is 0.689. The maximum atomic E-state index is 5.66. The minimum absolute atomic E-state index is 0.764. The highest BCUT2D eigenvalue weighted by molar-refractivity contribution is 5.27. The molecular weight excluding hydrogens is 172 g/mol. The molecular formula is C13H20O. The van der Waals surface area contributed by atoms with E-state index in [9.17, 15) is 0 Å². The largest absolute Gasteiger partial charge is 0.494 e. The number of hydrogen-bond donors (Lipinski definition) is 0. The standard InChI is InChI=1S/C13H20O/c1-4-11(2)8-9-14-13-7-5-6-12(3)10-13/h5-7,10-11H,4,8-9H2,1-3H3. The summed E-state index contributed by atoms with van der Waals surface area (Å²) in [7, 11) is 0. The molecule has 0 heterocycles. The van der Waals surface area contributed by atoms with Crippen LogP contribution in [0.15, 0.2) is 24.3 Å². The third-order valence-corrected chi connectivity index (χ3v) is 2.57. The zero-order valence-corrected chi connectivity index (χ0v) is 9.42. The highest BCUT2D eigenvalue weighted by Crippen LogP contribution is 2.14. The van der Waals surface area contributed by atoms with Gasteiger partial charge in [-0.3, -0.25) is 0 Å². The van der Waals surface area contributed by atoms with E-state index in [1.165, 1.54) is 12.0 Å². The molecule has 1 heteroatoms. The molecule has 0 aliphatic rings. The summed E-state index contributed by atoms with van der Waals surface area (Å²) in [5, 5.41) is 0. The summed E-state index contributed by atoms with van der Waals surface area (Å²) in [6.07, 6.45) is 2.38. The van der Waals surface area contributed by atoms with Crippen molar-refractivity contribution in [1.29, 1.82) is 0 Å². The van der Waals surface area contributed by atoms with E-state index in [0.29, 0.717) is 0 Å². The van der Waals surface area contributed by atoms with Gasteiger partial charge in [0.2, 0.25) is 0 Å². The summed E-state index contributed by atoms with van der Waals surface area (Å²) < 4.78 is 5.66. The van der Waals surface area contributed by atoms with Crippen molar-refractivity contribution in [2.75, 3.05) is 6.61 Å². The third kappa shape index (κ3) is 3.82. The van der Waals surface area contributed by atoms with Gasteiger partial charge in [0.05, 0.1) is 6.61 Å². The van der Waals surface area contributed by atoms with Gasteiger partial charge >= 0.3 is 0 Å². The molecule has 1 aromatic carbocycles. The fourth-order valence-electron chi connectivity index (χ4n) is 1.29. The van der Waals surface area contributed by atoms with Gasteiger partial charge in [-0.1, -0.05) is 32.4 Å². The Morgan fingerprint density at radius 3 is 2.79 bits per heavy atom. The lowest BCUT2D eigenvalue weighted by molar-refractivity contribution is 0.281. The Morgan fingerprint density at radius 1 is 1.36 bits per heavy atom. The van der Waals surface area contributed by atoms with E-state index in [4.69, 9.17) is 4.74 Å². The lowest BCUT2D eigenvalue weighted by Gasteiger charge is -2.10. The number of hydrogen-bond acceptors (Lipinski definition) is 1. The molecule has 1 aromatic rings. The summed E-state index contributed by atoms with van der Waals surface area (Å²) in [6, 6.07) is 8.22. The van der Waals surface area contributed by atoms with E-state index in [1.807, 2.05) is 12.1 Å². The average molecular weight is 192 g/mol. The molecule has 0 radical (unpaired) electrons. The van der Waals surface area contributed by atoms with E-state index in [0.717, 1.165) is 24.7 Å². The van der Waals surface area contributed by atoms with Crippen LogP contribution in [0.3, 0.4) is 0 Å². The van der Waals surface area contributed by atoms with Crippen LogP contribution >= 0.6 is 0 Å². The van der Waals surface area contributed by atoms with Crippen LogP contribution in [0.5, 0.6) is 5.75 Å². The number of rotatable bonds is 5. The van der Waals surface area contributed by atoms with Crippen LogP contribution in [-0.2, 0) is 0 Å². The van der Waals surface area contributed by atoms with E-state index in [1.54, 1.807) is 0 Å². The molecule has 0 spiro atoms. The lowest BCUT2D eigenvalue weighted by Crippen LogP contribution is -2.03. The molecule has 1 unspecified atom stereocenters. The normalized spacial score (nSPS) is 12.5. The van der Waals surface area contributed by atoms with Gasteiger partial charge in [0.25, 0.3) is 0 Å². The molecule has 1 rings (SSSR count). The van der Waals surface area contributed by atoms with Crippen LogP contribution in [0.4, 0.5) is 0 Å². The molecule has 78 valence electrons. The number of aryl methyl sites for hydroxylation is 1. The van der Waals surface area contributed by atoms with Crippen molar-refractivity contribution in [2.24, 2.45) is 5.92 Å². The first-order valence-electron chi connectivity index (χ1n) is 5.42. The second-order valence-electron chi connectivity index (χ2n) is 3.97. The fourth-order valence-corrected chi connectivity index (χ4v) is 1.29. The van der Waals surface area contributed by atoms with Gasteiger partial charge in [-0.05, 0) is 37.0 Å². The van der Waals surface area contributed by atoms with Gasteiger partial charge < -0.3 is 4.74 Å². The molecule has 0 saturated heterocycles. The monoisotopic (exact) mass is 192 g/mol. The average Bonchev–Trinajstić information content (AvgIpc) is 2.17. The second-order valence-corrected chi connectivity index (χ2v) is 3.97. The van der Waals surface area contributed by atoms with Crippen LogP contribution in [-0.4, -0.2) is 6.61 Å². The van der Waals surface area contributed by atoms with Crippen LogP contribution in [0.2, 0.25) is 0 Å². The van der Waals surface area contributed by atoms with E-state index in [-0.39, 0.29) is 0 Å². The first-order chi connectivity index (χ1) is 6.72. The molecule has 0 fully saturated rings. The molecule has 0 aromatic heterocycles. The fraction of sp³-hybridized carbons (Fsp3) is 0.538. The molecule has 0 amide bonds. The van der Waals surface area contributed by atoms with Gasteiger partial charge in [-0.2, -0.15) is 0 Å². The van der Waals surface area contributed by atoms with Crippen molar-refractivity contribution in [1.82, 2.24) is 0 Å². The SMILES string of the molecule is CCC(C)CCOc1cccc(C)c1. The van der Waals surface area contributed by atoms with Crippen LogP contribution in [0.25, 0.3) is 0 Å². The molecule has 0 saturated carbocycles. The second kappa shape index (κ2) is 5.69. The molecule has 0 aliphatic heterocycles. The van der Waals surface area contributed by atoms with Crippen molar-refractivity contribution in [3.05, 3.63) is 29.8 Å². The first kappa shape index (κ1) is 11.1. The summed E-state index contributed by atoms with van der Waals surface area (Å²) in [5.41, 5.74) is 1.26. The van der Waals surface area contributed by atoms with E-state index in [2.05, 4.69) is 32.9 Å². The van der Waals surface area contributed by atoms with Crippen molar-refractivity contribution in [3.8, 4) is 5.75 Å².